The average molecular weight is 342 g/mol. The Hall–Kier alpha value is -1.23. The molecule has 0 bridgehead atoms. The highest BCUT2D eigenvalue weighted by molar-refractivity contribution is 9.10. The monoisotopic (exact) mass is 341 g/mol. The van der Waals surface area contributed by atoms with Crippen LogP contribution in [0.5, 0.6) is 0 Å². The van der Waals surface area contributed by atoms with Gasteiger partial charge in [-0.15, -0.1) is 0 Å². The molecule has 0 aliphatic carbocycles. The van der Waals surface area contributed by atoms with Gasteiger partial charge in [0, 0.05) is 22.1 Å². The van der Waals surface area contributed by atoms with Gasteiger partial charge in [-0.3, -0.25) is 0 Å². The number of nitrogens with one attached hydrogen (secondary N) is 1. The summed E-state index contributed by atoms with van der Waals surface area (Å²) in [4.78, 5) is 0. The quantitative estimate of drug-likeness (QED) is 0.230. The second-order valence-electron chi connectivity index (χ2n) is 5.74. The number of oxime groups is 1. The summed E-state index contributed by atoms with van der Waals surface area (Å²) in [6, 6.07) is 6.28. The topological polar surface area (TPSA) is 70.6 Å². The van der Waals surface area contributed by atoms with E-state index in [2.05, 4.69) is 51.5 Å². The molecule has 4 N–H and O–H groups in total. The van der Waals surface area contributed by atoms with Gasteiger partial charge in [-0.05, 0) is 53.4 Å². The number of nitrogens with zero attached hydrogens (tertiary/aromatic N) is 1. The Morgan fingerprint density at radius 2 is 2.10 bits per heavy atom. The summed E-state index contributed by atoms with van der Waals surface area (Å²) >= 11 is 3.55. The lowest BCUT2D eigenvalue weighted by atomic mass is 9.86. The van der Waals surface area contributed by atoms with Crippen LogP contribution in [-0.2, 0) is 0 Å². The first-order valence-electron chi connectivity index (χ1n) is 6.85. The van der Waals surface area contributed by atoms with Crippen LogP contribution in [0.25, 0.3) is 0 Å². The molecule has 1 aromatic carbocycles. The van der Waals surface area contributed by atoms with Crippen LogP contribution in [0.4, 0.5) is 5.69 Å². The molecule has 1 rings (SSSR count). The van der Waals surface area contributed by atoms with Crippen molar-refractivity contribution in [2.45, 2.75) is 40.0 Å². The molecular weight excluding hydrogens is 318 g/mol. The zero-order valence-electron chi connectivity index (χ0n) is 12.4. The third kappa shape index (κ3) is 5.04. The molecule has 112 valence electrons. The third-order valence-electron chi connectivity index (χ3n) is 3.47. The van der Waals surface area contributed by atoms with Gasteiger partial charge >= 0.3 is 0 Å². The van der Waals surface area contributed by atoms with E-state index in [9.17, 15) is 0 Å². The zero-order valence-corrected chi connectivity index (χ0v) is 14.0. The average Bonchev–Trinajstić information content (AvgIpc) is 2.39. The molecule has 0 unspecified atom stereocenters. The highest BCUT2D eigenvalue weighted by Crippen LogP contribution is 2.25. The maximum absolute atomic E-state index is 8.72. The summed E-state index contributed by atoms with van der Waals surface area (Å²) in [6.45, 7) is 6.97. The van der Waals surface area contributed by atoms with E-state index < -0.39 is 0 Å². The first kappa shape index (κ1) is 16.8. The van der Waals surface area contributed by atoms with E-state index in [0.29, 0.717) is 5.84 Å². The Kier molecular flexibility index (Phi) is 6.33. The van der Waals surface area contributed by atoms with Crippen molar-refractivity contribution < 1.29 is 5.21 Å². The summed E-state index contributed by atoms with van der Waals surface area (Å²) in [5.74, 6) is 0.298. The van der Waals surface area contributed by atoms with Gasteiger partial charge in [-0.25, -0.2) is 0 Å². The highest BCUT2D eigenvalue weighted by atomic mass is 79.9. The lowest BCUT2D eigenvalue weighted by Crippen LogP contribution is -2.31. The number of anilines is 1. The van der Waals surface area contributed by atoms with E-state index in [1.54, 1.807) is 0 Å². The van der Waals surface area contributed by atoms with Gasteiger partial charge in [0.05, 0.1) is 0 Å². The summed E-state index contributed by atoms with van der Waals surface area (Å²) in [6.07, 6.45) is 2.97. The molecule has 0 aromatic heterocycles. The highest BCUT2D eigenvalue weighted by Gasteiger charge is 2.22. The second kappa shape index (κ2) is 7.53. The maximum atomic E-state index is 8.72. The molecule has 20 heavy (non-hydrogen) atoms. The van der Waals surface area contributed by atoms with Crippen LogP contribution in [-0.4, -0.2) is 17.6 Å². The number of unbranched alkanes of at least 4 members (excludes halogenated alkanes) is 1. The summed E-state index contributed by atoms with van der Waals surface area (Å²) in [5, 5.41) is 15.2. The lowest BCUT2D eigenvalue weighted by Gasteiger charge is -2.22. The molecule has 0 spiro atoms. The first-order chi connectivity index (χ1) is 9.36. The first-order valence-corrected chi connectivity index (χ1v) is 7.64. The van der Waals surface area contributed by atoms with Gasteiger partial charge in [0.2, 0.25) is 0 Å². The van der Waals surface area contributed by atoms with Gasteiger partial charge < -0.3 is 16.3 Å². The number of hydrogen-bond donors (Lipinski definition) is 3. The Bertz CT molecular complexity index is 472. The minimum absolute atomic E-state index is 0.251. The Morgan fingerprint density at radius 1 is 1.40 bits per heavy atom. The number of benzene rings is 1. The van der Waals surface area contributed by atoms with Gasteiger partial charge in [-0.1, -0.05) is 31.5 Å². The molecule has 5 heteroatoms. The minimum Gasteiger partial charge on any atom is -0.409 e. The largest absolute Gasteiger partial charge is 0.409 e. The molecule has 4 nitrogen and oxygen atoms in total. The molecule has 0 heterocycles. The number of hydrogen-bond acceptors (Lipinski definition) is 3. The normalized spacial score (nSPS) is 12.5. The van der Waals surface area contributed by atoms with Crippen LogP contribution < -0.4 is 11.1 Å². The predicted molar refractivity (Wildman–Crippen MR) is 88.4 cm³/mol. The third-order valence-corrected chi connectivity index (χ3v) is 4.13. The summed E-state index contributed by atoms with van der Waals surface area (Å²) in [7, 11) is 0. The van der Waals surface area contributed by atoms with Gasteiger partial charge in [-0.2, -0.15) is 0 Å². The van der Waals surface area contributed by atoms with E-state index in [0.717, 1.165) is 36.0 Å². The molecule has 0 aliphatic rings. The van der Waals surface area contributed by atoms with Crippen molar-refractivity contribution >= 4 is 27.5 Å². The number of nitrogens with two attached hydrogens (primary N) is 1. The van der Waals surface area contributed by atoms with Crippen LogP contribution in [0.2, 0.25) is 0 Å². The SMILES string of the molecule is Cc1ccc(NCCCCC(C)(C)/C(N)=N/O)c(Br)c1. The van der Waals surface area contributed by atoms with E-state index in [-0.39, 0.29) is 5.41 Å². The summed E-state index contributed by atoms with van der Waals surface area (Å²) < 4.78 is 1.09. The molecular formula is C15H24BrN3O. The maximum Gasteiger partial charge on any atom is 0.144 e. The van der Waals surface area contributed by atoms with Crippen molar-refractivity contribution in [3.8, 4) is 0 Å². The molecule has 0 saturated heterocycles. The van der Waals surface area contributed by atoms with Crippen LogP contribution in [0.15, 0.2) is 27.8 Å². The molecule has 0 fully saturated rings. The van der Waals surface area contributed by atoms with Crippen molar-refractivity contribution in [1.82, 2.24) is 0 Å². The number of rotatable bonds is 7. The number of aryl methyl sites for hydroxylation is 1. The van der Waals surface area contributed by atoms with Gasteiger partial charge in [0.1, 0.15) is 5.84 Å². The van der Waals surface area contributed by atoms with Crippen molar-refractivity contribution in [3.63, 3.8) is 0 Å². The molecule has 0 atom stereocenters. The van der Waals surface area contributed by atoms with Crippen molar-refractivity contribution in [2.24, 2.45) is 16.3 Å². The molecule has 0 amide bonds. The Labute approximate surface area is 129 Å². The standard InChI is InChI=1S/C15H24BrN3O/c1-11-6-7-13(12(16)10-11)18-9-5-4-8-15(2,3)14(17)19-20/h6-7,10,18,20H,4-5,8-9H2,1-3H3,(H2,17,19). The molecule has 0 radical (unpaired) electrons. The van der Waals surface area contributed by atoms with E-state index in [1.165, 1.54) is 5.56 Å². The van der Waals surface area contributed by atoms with Crippen LogP contribution >= 0.6 is 15.9 Å². The van der Waals surface area contributed by atoms with Crippen LogP contribution in [0.1, 0.15) is 38.7 Å². The number of halogens is 1. The zero-order chi connectivity index (χ0) is 15.2. The lowest BCUT2D eigenvalue weighted by molar-refractivity contribution is 0.304. The van der Waals surface area contributed by atoms with Crippen molar-refractivity contribution in [1.29, 1.82) is 0 Å². The Balaban J connectivity index is 2.32. The van der Waals surface area contributed by atoms with E-state index in [4.69, 9.17) is 10.9 Å². The van der Waals surface area contributed by atoms with Crippen molar-refractivity contribution in [2.75, 3.05) is 11.9 Å². The fourth-order valence-electron chi connectivity index (χ4n) is 1.94. The van der Waals surface area contributed by atoms with Crippen LogP contribution in [0.3, 0.4) is 0 Å². The smallest absolute Gasteiger partial charge is 0.144 e. The fourth-order valence-corrected chi connectivity index (χ4v) is 2.58. The molecule has 0 saturated carbocycles. The van der Waals surface area contributed by atoms with E-state index in [1.807, 2.05) is 13.8 Å². The van der Waals surface area contributed by atoms with Crippen LogP contribution in [0, 0.1) is 12.3 Å². The van der Waals surface area contributed by atoms with E-state index >= 15 is 0 Å². The molecule has 0 aliphatic heterocycles. The van der Waals surface area contributed by atoms with Gasteiger partial charge in [0.15, 0.2) is 0 Å². The predicted octanol–water partition coefficient (Wildman–Crippen LogP) is 4.11. The number of amidine groups is 1. The molecule has 1 aromatic rings. The second-order valence-corrected chi connectivity index (χ2v) is 6.59. The fraction of sp³-hybridized carbons (Fsp3) is 0.533. The summed E-state index contributed by atoms with van der Waals surface area (Å²) in [5.41, 5.74) is 7.77. The van der Waals surface area contributed by atoms with Crippen molar-refractivity contribution in [3.05, 3.63) is 28.2 Å². The van der Waals surface area contributed by atoms with Gasteiger partial charge in [0.25, 0.3) is 0 Å². The Morgan fingerprint density at radius 3 is 2.70 bits per heavy atom. The minimum atomic E-state index is -0.251.